The number of aliphatic hydroxyl groups excluding tert-OH is 1. The fraction of sp³-hybridized carbons (Fsp3) is 0.455. The summed E-state index contributed by atoms with van der Waals surface area (Å²) >= 11 is 0. The zero-order valence-corrected chi connectivity index (χ0v) is 17.8. The number of hydrogen-bond donors (Lipinski definition) is 2. The number of methoxy groups -OCH3 is 4. The lowest BCUT2D eigenvalue weighted by Crippen LogP contribution is -2.35. The molecule has 166 valence electrons. The van der Waals surface area contributed by atoms with Crippen LogP contribution < -0.4 is 18.9 Å². The van der Waals surface area contributed by atoms with Gasteiger partial charge in [-0.05, 0) is 24.3 Å². The van der Waals surface area contributed by atoms with Gasteiger partial charge >= 0.3 is 0 Å². The van der Waals surface area contributed by atoms with E-state index in [-0.39, 0.29) is 33.0 Å². The summed E-state index contributed by atoms with van der Waals surface area (Å²) in [6.45, 7) is 0.470. The third-order valence-electron chi connectivity index (χ3n) is 4.60. The predicted molar refractivity (Wildman–Crippen MR) is 111 cm³/mol. The van der Waals surface area contributed by atoms with Crippen molar-refractivity contribution in [3.8, 4) is 23.0 Å². The van der Waals surface area contributed by atoms with Crippen molar-refractivity contribution in [3.63, 3.8) is 0 Å². The third-order valence-corrected chi connectivity index (χ3v) is 4.60. The molecular formula is C22H30O8. The van der Waals surface area contributed by atoms with Gasteiger partial charge < -0.3 is 38.6 Å². The molecule has 0 unspecified atom stereocenters. The predicted octanol–water partition coefficient (Wildman–Crippen LogP) is 1.98. The highest BCUT2D eigenvalue weighted by molar-refractivity contribution is 5.59. The van der Waals surface area contributed by atoms with Crippen molar-refractivity contribution in [2.24, 2.45) is 0 Å². The van der Waals surface area contributed by atoms with Crippen molar-refractivity contribution in [1.29, 1.82) is 0 Å². The largest absolute Gasteiger partial charge is 0.496 e. The first-order valence-electron chi connectivity index (χ1n) is 9.49. The molecule has 0 aliphatic rings. The maximum Gasteiger partial charge on any atom is 0.152 e. The van der Waals surface area contributed by atoms with E-state index in [4.69, 9.17) is 33.5 Å². The van der Waals surface area contributed by atoms with Crippen molar-refractivity contribution >= 4 is 0 Å². The van der Waals surface area contributed by atoms with E-state index >= 15 is 0 Å². The fourth-order valence-electron chi connectivity index (χ4n) is 3.29. The van der Waals surface area contributed by atoms with E-state index in [2.05, 4.69) is 0 Å². The number of hydrogen-bond acceptors (Lipinski definition) is 8. The van der Waals surface area contributed by atoms with Gasteiger partial charge in [0.15, 0.2) is 5.60 Å². The molecule has 0 saturated carbocycles. The van der Waals surface area contributed by atoms with Gasteiger partial charge in [0.2, 0.25) is 0 Å². The molecule has 0 spiro atoms. The summed E-state index contributed by atoms with van der Waals surface area (Å²) in [5.41, 5.74) is -0.962. The lowest BCUT2D eigenvalue weighted by atomic mass is 9.84. The van der Waals surface area contributed by atoms with Crippen LogP contribution in [0.5, 0.6) is 23.0 Å². The molecule has 2 rings (SSSR count). The van der Waals surface area contributed by atoms with Crippen LogP contribution in [-0.4, -0.2) is 71.7 Å². The van der Waals surface area contributed by atoms with E-state index in [1.807, 2.05) is 0 Å². The Balaban J connectivity index is 2.58. The van der Waals surface area contributed by atoms with Gasteiger partial charge in [-0.25, -0.2) is 0 Å². The monoisotopic (exact) mass is 422 g/mol. The highest BCUT2D eigenvalue weighted by Crippen LogP contribution is 2.48. The highest BCUT2D eigenvalue weighted by atomic mass is 16.5. The van der Waals surface area contributed by atoms with Crippen molar-refractivity contribution in [3.05, 3.63) is 47.5 Å². The molecule has 0 atom stereocenters. The van der Waals surface area contributed by atoms with E-state index in [9.17, 15) is 5.11 Å². The van der Waals surface area contributed by atoms with Crippen molar-refractivity contribution in [2.45, 2.75) is 5.60 Å². The van der Waals surface area contributed by atoms with Crippen molar-refractivity contribution < 1.29 is 38.6 Å². The van der Waals surface area contributed by atoms with E-state index in [1.54, 1.807) is 36.4 Å². The highest BCUT2D eigenvalue weighted by Gasteiger charge is 2.42. The molecule has 0 radical (unpaired) electrons. The quantitative estimate of drug-likeness (QED) is 0.473. The summed E-state index contributed by atoms with van der Waals surface area (Å²) in [5.74, 6) is 1.68. The molecule has 30 heavy (non-hydrogen) atoms. The van der Waals surface area contributed by atoms with E-state index in [0.717, 1.165) is 0 Å². The average molecular weight is 422 g/mol. The molecule has 8 nitrogen and oxygen atoms in total. The van der Waals surface area contributed by atoms with Gasteiger partial charge in [0.05, 0.1) is 72.6 Å². The second-order valence-corrected chi connectivity index (χ2v) is 6.32. The van der Waals surface area contributed by atoms with Gasteiger partial charge in [-0.1, -0.05) is 12.1 Å². The van der Waals surface area contributed by atoms with Crippen LogP contribution >= 0.6 is 0 Å². The summed E-state index contributed by atoms with van der Waals surface area (Å²) in [7, 11) is 6.06. The van der Waals surface area contributed by atoms with Crippen LogP contribution in [0.15, 0.2) is 36.4 Å². The Hall–Kier alpha value is -2.52. The fourth-order valence-corrected chi connectivity index (χ4v) is 3.29. The van der Waals surface area contributed by atoms with Crippen LogP contribution in [0.2, 0.25) is 0 Å². The maximum absolute atomic E-state index is 12.1. The Bertz CT molecular complexity index is 693. The summed E-state index contributed by atoms with van der Waals surface area (Å²) in [5, 5.41) is 20.9. The van der Waals surface area contributed by atoms with E-state index in [0.29, 0.717) is 34.1 Å². The molecule has 8 heteroatoms. The van der Waals surface area contributed by atoms with Gasteiger partial charge in [-0.15, -0.1) is 0 Å². The van der Waals surface area contributed by atoms with Crippen LogP contribution in [0.1, 0.15) is 11.1 Å². The molecular weight excluding hydrogens is 392 g/mol. The topological polar surface area (TPSA) is 95.8 Å². The summed E-state index contributed by atoms with van der Waals surface area (Å²) in [6.07, 6.45) is 0. The molecule has 0 aromatic heterocycles. The van der Waals surface area contributed by atoms with Crippen LogP contribution in [0.3, 0.4) is 0 Å². The Labute approximate surface area is 176 Å². The Kier molecular flexibility index (Phi) is 9.19. The second-order valence-electron chi connectivity index (χ2n) is 6.32. The molecule has 0 aliphatic heterocycles. The van der Waals surface area contributed by atoms with E-state index in [1.165, 1.54) is 28.4 Å². The molecule has 2 N–H and O–H groups in total. The van der Waals surface area contributed by atoms with Crippen molar-refractivity contribution in [1.82, 2.24) is 0 Å². The van der Waals surface area contributed by atoms with Gasteiger partial charge in [0, 0.05) is 0 Å². The lowest BCUT2D eigenvalue weighted by molar-refractivity contribution is -0.0444. The van der Waals surface area contributed by atoms with Gasteiger partial charge in [-0.2, -0.15) is 0 Å². The molecule has 2 aromatic rings. The minimum Gasteiger partial charge on any atom is -0.496 e. The minimum absolute atomic E-state index is 0.0687. The number of benzene rings is 2. The van der Waals surface area contributed by atoms with E-state index < -0.39 is 5.60 Å². The van der Waals surface area contributed by atoms with Crippen LogP contribution in [-0.2, 0) is 15.1 Å². The Morgan fingerprint density at radius 2 is 1.07 bits per heavy atom. The standard InChI is InChI=1S/C22H30O8/c1-25-16-7-5-8-17(26-2)20(16)22(24,15-30-14-13-29-12-11-23)21-18(27-3)9-6-10-19(21)28-4/h5-10,23-24H,11-15H2,1-4H3. The summed E-state index contributed by atoms with van der Waals surface area (Å²) in [6, 6.07) is 10.5. The van der Waals surface area contributed by atoms with Crippen LogP contribution in [0, 0.1) is 0 Å². The smallest absolute Gasteiger partial charge is 0.152 e. The number of ether oxygens (including phenoxy) is 6. The Morgan fingerprint density at radius 3 is 1.43 bits per heavy atom. The zero-order chi connectivity index (χ0) is 22.0. The normalized spacial score (nSPS) is 11.3. The summed E-state index contributed by atoms with van der Waals surface area (Å²) < 4.78 is 33.1. The first-order valence-corrected chi connectivity index (χ1v) is 9.49. The van der Waals surface area contributed by atoms with Crippen LogP contribution in [0.25, 0.3) is 0 Å². The van der Waals surface area contributed by atoms with Gasteiger partial charge in [-0.3, -0.25) is 0 Å². The molecule has 0 fully saturated rings. The second kappa shape index (κ2) is 11.6. The first-order chi connectivity index (χ1) is 14.6. The average Bonchev–Trinajstić information content (AvgIpc) is 2.79. The zero-order valence-electron chi connectivity index (χ0n) is 17.8. The molecule has 0 saturated heterocycles. The maximum atomic E-state index is 12.1. The molecule has 0 heterocycles. The molecule has 0 amide bonds. The van der Waals surface area contributed by atoms with Gasteiger partial charge in [0.25, 0.3) is 0 Å². The lowest BCUT2D eigenvalue weighted by Gasteiger charge is -2.33. The molecule has 0 aliphatic carbocycles. The van der Waals surface area contributed by atoms with Gasteiger partial charge in [0.1, 0.15) is 23.0 Å². The first kappa shape index (κ1) is 23.8. The van der Waals surface area contributed by atoms with Crippen molar-refractivity contribution in [2.75, 3.05) is 61.5 Å². The Morgan fingerprint density at radius 1 is 0.667 bits per heavy atom. The third kappa shape index (κ3) is 5.14. The molecule has 0 bridgehead atoms. The SMILES string of the molecule is COc1cccc(OC)c1C(O)(COCCOCCO)c1c(OC)cccc1OC. The summed E-state index contributed by atoms with van der Waals surface area (Å²) in [4.78, 5) is 0. The minimum atomic E-state index is -1.73. The number of rotatable bonds is 13. The van der Waals surface area contributed by atoms with Crippen LogP contribution in [0.4, 0.5) is 0 Å². The number of aliphatic hydroxyl groups is 2. The molecule has 2 aromatic carbocycles.